The van der Waals surface area contributed by atoms with E-state index in [1.54, 1.807) is 0 Å². The van der Waals surface area contributed by atoms with Crippen LogP contribution < -0.4 is 0 Å². The van der Waals surface area contributed by atoms with Crippen molar-refractivity contribution in [2.24, 2.45) is 0 Å². The Bertz CT molecular complexity index is 531. The van der Waals surface area contributed by atoms with Crippen molar-refractivity contribution >= 4 is 11.8 Å². The second-order valence-electron chi connectivity index (χ2n) is 6.81. The standard InChI is InChI=1S/C21H32O3/c1-5-6-7-11-18-19(12-13-20(18)22)21(23)24-15-14-17(4)10-8-9-16(2)3/h9,14H,5-8,10-13,15H2,1-4H3/b17-14+. The van der Waals surface area contributed by atoms with E-state index in [2.05, 4.69) is 33.8 Å². The smallest absolute Gasteiger partial charge is 0.334 e. The van der Waals surface area contributed by atoms with Crippen molar-refractivity contribution in [3.05, 3.63) is 34.4 Å². The molecule has 0 aromatic heterocycles. The lowest BCUT2D eigenvalue weighted by atomic mass is 10.0. The number of hydrogen-bond acceptors (Lipinski definition) is 3. The minimum absolute atomic E-state index is 0.131. The molecule has 0 N–H and O–H groups in total. The highest BCUT2D eigenvalue weighted by molar-refractivity contribution is 6.07. The van der Waals surface area contributed by atoms with Crippen LogP contribution in [0.4, 0.5) is 0 Å². The van der Waals surface area contributed by atoms with Gasteiger partial charge in [-0.15, -0.1) is 0 Å². The molecule has 0 spiro atoms. The van der Waals surface area contributed by atoms with E-state index in [0.717, 1.165) is 37.7 Å². The quantitative estimate of drug-likeness (QED) is 0.303. The zero-order valence-corrected chi connectivity index (χ0v) is 15.7. The first-order valence-electron chi connectivity index (χ1n) is 9.17. The predicted octanol–water partition coefficient (Wildman–Crippen LogP) is 5.46. The third-order valence-corrected chi connectivity index (χ3v) is 4.32. The summed E-state index contributed by atoms with van der Waals surface area (Å²) in [7, 11) is 0. The normalized spacial score (nSPS) is 15.0. The first-order chi connectivity index (χ1) is 11.5. The summed E-state index contributed by atoms with van der Waals surface area (Å²) in [5.74, 6) is -0.174. The second kappa shape index (κ2) is 11.0. The van der Waals surface area contributed by atoms with E-state index in [4.69, 9.17) is 4.74 Å². The lowest BCUT2D eigenvalue weighted by molar-refractivity contribution is -0.138. The van der Waals surface area contributed by atoms with E-state index in [1.165, 1.54) is 11.1 Å². The maximum Gasteiger partial charge on any atom is 0.334 e. The first-order valence-corrected chi connectivity index (χ1v) is 9.17. The Balaban J connectivity index is 2.50. The van der Waals surface area contributed by atoms with Gasteiger partial charge < -0.3 is 4.74 Å². The molecule has 3 nitrogen and oxygen atoms in total. The van der Waals surface area contributed by atoms with Gasteiger partial charge in [0.05, 0.1) is 0 Å². The number of Topliss-reactive ketones (excluding diaryl/α,β-unsaturated/α-hetero) is 1. The summed E-state index contributed by atoms with van der Waals surface area (Å²) in [4.78, 5) is 24.2. The van der Waals surface area contributed by atoms with Crippen molar-refractivity contribution in [3.63, 3.8) is 0 Å². The maximum atomic E-state index is 12.2. The molecule has 0 aliphatic heterocycles. The van der Waals surface area contributed by atoms with Crippen molar-refractivity contribution in [1.29, 1.82) is 0 Å². The van der Waals surface area contributed by atoms with E-state index in [1.807, 2.05) is 6.08 Å². The van der Waals surface area contributed by atoms with E-state index >= 15 is 0 Å². The van der Waals surface area contributed by atoms with Gasteiger partial charge in [0, 0.05) is 17.6 Å². The van der Waals surface area contributed by atoms with Crippen molar-refractivity contribution in [3.8, 4) is 0 Å². The fourth-order valence-electron chi connectivity index (χ4n) is 2.81. The Kier molecular flexibility index (Phi) is 9.36. The molecule has 0 atom stereocenters. The molecule has 24 heavy (non-hydrogen) atoms. The molecule has 1 aliphatic rings. The average Bonchev–Trinajstić information content (AvgIpc) is 2.88. The van der Waals surface area contributed by atoms with Crippen LogP contribution >= 0.6 is 0 Å². The molecule has 1 rings (SSSR count). The van der Waals surface area contributed by atoms with Crippen molar-refractivity contribution in [1.82, 2.24) is 0 Å². The van der Waals surface area contributed by atoms with Gasteiger partial charge in [0.25, 0.3) is 0 Å². The van der Waals surface area contributed by atoms with Gasteiger partial charge in [-0.2, -0.15) is 0 Å². The predicted molar refractivity (Wildman–Crippen MR) is 98.8 cm³/mol. The number of rotatable bonds is 10. The third kappa shape index (κ3) is 7.29. The van der Waals surface area contributed by atoms with E-state index < -0.39 is 0 Å². The maximum absolute atomic E-state index is 12.2. The summed E-state index contributed by atoms with van der Waals surface area (Å²) in [5.41, 5.74) is 3.88. The van der Waals surface area contributed by atoms with Gasteiger partial charge in [0.15, 0.2) is 5.78 Å². The topological polar surface area (TPSA) is 43.4 Å². The van der Waals surface area contributed by atoms with Crippen LogP contribution in [-0.2, 0) is 14.3 Å². The second-order valence-corrected chi connectivity index (χ2v) is 6.81. The van der Waals surface area contributed by atoms with Crippen LogP contribution in [0.1, 0.15) is 79.1 Å². The van der Waals surface area contributed by atoms with Crippen LogP contribution in [0, 0.1) is 0 Å². The fourth-order valence-corrected chi connectivity index (χ4v) is 2.81. The summed E-state index contributed by atoms with van der Waals surface area (Å²) in [5, 5.41) is 0. The molecule has 0 saturated heterocycles. The van der Waals surface area contributed by atoms with Crippen LogP contribution in [0.3, 0.4) is 0 Å². The molecule has 0 amide bonds. The summed E-state index contributed by atoms with van der Waals surface area (Å²) >= 11 is 0. The fraction of sp³-hybridized carbons (Fsp3) is 0.619. The van der Waals surface area contributed by atoms with Crippen molar-refractivity contribution < 1.29 is 14.3 Å². The molecule has 0 saturated carbocycles. The Morgan fingerprint density at radius 2 is 1.88 bits per heavy atom. The monoisotopic (exact) mass is 332 g/mol. The molecule has 3 heteroatoms. The number of allylic oxidation sites excluding steroid dienone is 4. The highest BCUT2D eigenvalue weighted by atomic mass is 16.5. The lowest BCUT2D eigenvalue weighted by Crippen LogP contribution is -2.09. The summed E-state index contributed by atoms with van der Waals surface area (Å²) < 4.78 is 5.37. The Labute approximate surface area is 146 Å². The van der Waals surface area contributed by atoms with Crippen LogP contribution in [0.2, 0.25) is 0 Å². The molecule has 134 valence electrons. The molecule has 0 radical (unpaired) electrons. The van der Waals surface area contributed by atoms with Gasteiger partial charge in [-0.1, -0.05) is 37.0 Å². The van der Waals surface area contributed by atoms with Crippen LogP contribution in [0.15, 0.2) is 34.4 Å². The number of esters is 1. The van der Waals surface area contributed by atoms with Crippen molar-refractivity contribution in [2.45, 2.75) is 79.1 Å². The molecular weight excluding hydrogens is 300 g/mol. The minimum atomic E-state index is -0.305. The highest BCUT2D eigenvalue weighted by Gasteiger charge is 2.27. The lowest BCUT2D eigenvalue weighted by Gasteiger charge is -2.07. The number of unbranched alkanes of at least 4 members (excludes halogenated alkanes) is 2. The van der Waals surface area contributed by atoms with E-state index in [0.29, 0.717) is 31.4 Å². The summed E-state index contributed by atoms with van der Waals surface area (Å²) in [6.45, 7) is 8.66. The van der Waals surface area contributed by atoms with Gasteiger partial charge in [-0.3, -0.25) is 4.79 Å². The number of hydrogen-bond donors (Lipinski definition) is 0. The van der Waals surface area contributed by atoms with Gasteiger partial charge in [-0.05, 0) is 59.0 Å². The molecule has 0 aromatic carbocycles. The van der Waals surface area contributed by atoms with E-state index in [9.17, 15) is 9.59 Å². The number of carbonyl (C=O) groups excluding carboxylic acids is 2. The largest absolute Gasteiger partial charge is 0.458 e. The zero-order chi connectivity index (χ0) is 17.9. The molecule has 1 aliphatic carbocycles. The molecule has 0 aromatic rings. The average molecular weight is 332 g/mol. The highest BCUT2D eigenvalue weighted by Crippen LogP contribution is 2.28. The number of carbonyl (C=O) groups is 2. The van der Waals surface area contributed by atoms with Crippen molar-refractivity contribution in [2.75, 3.05) is 6.61 Å². The van der Waals surface area contributed by atoms with E-state index in [-0.39, 0.29) is 11.8 Å². The molecular formula is C21H32O3. The Hall–Kier alpha value is -1.64. The number of ether oxygens (including phenoxy) is 1. The molecule has 0 heterocycles. The first kappa shape index (κ1) is 20.4. The third-order valence-electron chi connectivity index (χ3n) is 4.32. The zero-order valence-electron chi connectivity index (χ0n) is 15.7. The van der Waals surface area contributed by atoms with Gasteiger partial charge in [-0.25, -0.2) is 4.79 Å². The molecule has 0 unspecified atom stereocenters. The summed E-state index contributed by atoms with van der Waals surface area (Å²) in [6, 6.07) is 0. The van der Waals surface area contributed by atoms with Crippen LogP contribution in [0.5, 0.6) is 0 Å². The van der Waals surface area contributed by atoms with Crippen LogP contribution in [0.25, 0.3) is 0 Å². The van der Waals surface area contributed by atoms with Gasteiger partial charge >= 0.3 is 5.97 Å². The minimum Gasteiger partial charge on any atom is -0.458 e. The Morgan fingerprint density at radius 1 is 1.12 bits per heavy atom. The molecule has 0 bridgehead atoms. The SMILES string of the molecule is CCCCCC1=C(C(=O)OC/C=C(\C)CCC=C(C)C)CCC1=O. The Morgan fingerprint density at radius 3 is 2.54 bits per heavy atom. The molecule has 0 fully saturated rings. The van der Waals surface area contributed by atoms with Gasteiger partial charge in [0.1, 0.15) is 6.61 Å². The summed E-state index contributed by atoms with van der Waals surface area (Å²) in [6.07, 6.45) is 11.1. The van der Waals surface area contributed by atoms with Gasteiger partial charge in [0.2, 0.25) is 0 Å². The number of ketones is 1. The van der Waals surface area contributed by atoms with Crippen LogP contribution in [-0.4, -0.2) is 18.4 Å².